The van der Waals surface area contributed by atoms with Crippen LogP contribution in [0.4, 0.5) is 5.69 Å². The smallest absolute Gasteiger partial charge is 0.231 e. The molecule has 0 amide bonds. The molecular weight excluding hydrogens is 468 g/mol. The topological polar surface area (TPSA) is 51.6 Å². The SMILES string of the molecule is Cc1ccc(N2C(=S)N[C@H](c3ccccn3)[C@@H]2c2cc(C)n(-c3ccc4c(c3)OCO4)c2C)cc1C. The van der Waals surface area contributed by atoms with Gasteiger partial charge in [0.1, 0.15) is 0 Å². The highest BCUT2D eigenvalue weighted by atomic mass is 32.1. The second-order valence-electron chi connectivity index (χ2n) is 9.46. The summed E-state index contributed by atoms with van der Waals surface area (Å²) in [6, 6.07) is 20.8. The molecule has 4 heterocycles. The van der Waals surface area contributed by atoms with Crippen LogP contribution < -0.4 is 19.7 Å². The fraction of sp³-hybridized carbons (Fsp3) is 0.241. The Morgan fingerprint density at radius 2 is 1.69 bits per heavy atom. The number of fused-ring (bicyclic) bond motifs is 1. The number of hydrogen-bond acceptors (Lipinski definition) is 4. The summed E-state index contributed by atoms with van der Waals surface area (Å²) in [5.74, 6) is 1.55. The maximum atomic E-state index is 5.93. The number of pyridine rings is 1. The van der Waals surface area contributed by atoms with Crippen LogP contribution in [0.1, 0.15) is 45.9 Å². The van der Waals surface area contributed by atoms with E-state index in [-0.39, 0.29) is 18.9 Å². The van der Waals surface area contributed by atoms with Crippen LogP contribution in [0.3, 0.4) is 0 Å². The Hall–Kier alpha value is -3.84. The lowest BCUT2D eigenvalue weighted by atomic mass is 9.96. The van der Waals surface area contributed by atoms with Crippen molar-refractivity contribution in [3.63, 3.8) is 0 Å². The molecule has 0 radical (unpaired) electrons. The minimum Gasteiger partial charge on any atom is -0.454 e. The number of anilines is 1. The second kappa shape index (κ2) is 8.68. The molecule has 2 aliphatic heterocycles. The lowest BCUT2D eigenvalue weighted by Gasteiger charge is -2.28. The fourth-order valence-electron chi connectivity index (χ4n) is 5.33. The van der Waals surface area contributed by atoms with Crippen molar-refractivity contribution in [1.29, 1.82) is 0 Å². The van der Waals surface area contributed by atoms with Crippen LogP contribution in [-0.4, -0.2) is 21.5 Å². The van der Waals surface area contributed by atoms with Crippen LogP contribution in [0.5, 0.6) is 11.5 Å². The van der Waals surface area contributed by atoms with E-state index in [9.17, 15) is 0 Å². The standard InChI is InChI=1S/C29H28N4O2S/c1-17-8-9-21(13-18(17)2)33-28(27(31-29(33)36)24-7-5-6-12-30-24)23-14-19(3)32(20(23)4)22-10-11-25-26(15-22)35-16-34-25/h5-15,27-28H,16H2,1-4H3,(H,31,36)/t27-,28+/m1/s1. The van der Waals surface area contributed by atoms with Gasteiger partial charge in [0.05, 0.1) is 17.8 Å². The molecule has 7 heteroatoms. The number of rotatable bonds is 4. The first-order valence-corrected chi connectivity index (χ1v) is 12.5. The molecular formula is C29H28N4O2S. The Balaban J connectivity index is 1.50. The highest BCUT2D eigenvalue weighted by Crippen LogP contribution is 2.44. The summed E-state index contributed by atoms with van der Waals surface area (Å²) in [5, 5.41) is 4.28. The molecule has 6 nitrogen and oxygen atoms in total. The summed E-state index contributed by atoms with van der Waals surface area (Å²) in [7, 11) is 0. The van der Waals surface area contributed by atoms with Gasteiger partial charge in [-0.25, -0.2) is 0 Å². The van der Waals surface area contributed by atoms with Crippen molar-refractivity contribution >= 4 is 23.0 Å². The average Bonchev–Trinajstić information content (AvgIpc) is 3.56. The lowest BCUT2D eigenvalue weighted by molar-refractivity contribution is 0.174. The molecule has 4 aromatic rings. The molecule has 0 bridgehead atoms. The van der Waals surface area contributed by atoms with Gasteiger partial charge in [-0.15, -0.1) is 0 Å². The van der Waals surface area contributed by atoms with E-state index in [0.717, 1.165) is 40.0 Å². The van der Waals surface area contributed by atoms with Gasteiger partial charge in [-0.3, -0.25) is 4.98 Å². The van der Waals surface area contributed by atoms with E-state index < -0.39 is 0 Å². The Morgan fingerprint density at radius 3 is 2.47 bits per heavy atom. The van der Waals surface area contributed by atoms with Gasteiger partial charge < -0.3 is 24.3 Å². The minimum absolute atomic E-state index is 0.0662. The number of benzene rings is 2. The molecule has 6 rings (SSSR count). The normalized spacial score (nSPS) is 18.6. The number of nitrogens with zero attached hydrogens (tertiary/aromatic N) is 3. The van der Waals surface area contributed by atoms with E-state index in [1.165, 1.54) is 16.7 Å². The molecule has 182 valence electrons. The van der Waals surface area contributed by atoms with Crippen molar-refractivity contribution in [1.82, 2.24) is 14.9 Å². The molecule has 1 N–H and O–H groups in total. The third-order valence-corrected chi connectivity index (χ3v) is 7.58. The maximum absolute atomic E-state index is 5.93. The zero-order valence-electron chi connectivity index (χ0n) is 20.8. The largest absolute Gasteiger partial charge is 0.454 e. The van der Waals surface area contributed by atoms with Crippen molar-refractivity contribution in [2.75, 3.05) is 11.7 Å². The predicted octanol–water partition coefficient (Wildman–Crippen LogP) is 6.01. The summed E-state index contributed by atoms with van der Waals surface area (Å²) in [5.41, 5.74) is 9.07. The van der Waals surface area contributed by atoms with Crippen molar-refractivity contribution in [3.05, 3.63) is 101 Å². The first-order valence-electron chi connectivity index (χ1n) is 12.1. The monoisotopic (exact) mass is 496 g/mol. The summed E-state index contributed by atoms with van der Waals surface area (Å²) >= 11 is 5.93. The number of aryl methyl sites for hydroxylation is 3. The zero-order valence-corrected chi connectivity index (χ0v) is 21.6. The Labute approximate surface area is 216 Å². The number of ether oxygens (including phenoxy) is 2. The van der Waals surface area contributed by atoms with Crippen LogP contribution in [0.15, 0.2) is 66.9 Å². The molecule has 1 saturated heterocycles. The number of thiocarbonyl (C=S) groups is 1. The van der Waals surface area contributed by atoms with Gasteiger partial charge in [0.2, 0.25) is 6.79 Å². The quantitative estimate of drug-likeness (QED) is 0.349. The third-order valence-electron chi connectivity index (χ3n) is 7.27. The molecule has 2 aromatic heterocycles. The molecule has 0 spiro atoms. The average molecular weight is 497 g/mol. The highest BCUT2D eigenvalue weighted by Gasteiger charge is 2.42. The zero-order chi connectivity index (χ0) is 25.0. The van der Waals surface area contributed by atoms with Crippen LogP contribution in [0.2, 0.25) is 0 Å². The Bertz CT molecular complexity index is 1480. The van der Waals surface area contributed by atoms with E-state index >= 15 is 0 Å². The van der Waals surface area contributed by atoms with Crippen LogP contribution in [0.25, 0.3) is 5.69 Å². The van der Waals surface area contributed by atoms with Gasteiger partial charge in [-0.1, -0.05) is 12.1 Å². The molecule has 2 aromatic carbocycles. The number of nitrogens with one attached hydrogen (secondary N) is 1. The molecule has 1 fully saturated rings. The van der Waals surface area contributed by atoms with Crippen molar-refractivity contribution < 1.29 is 9.47 Å². The van der Waals surface area contributed by atoms with E-state index in [2.05, 4.69) is 78.9 Å². The number of aromatic nitrogens is 2. The van der Waals surface area contributed by atoms with Crippen LogP contribution in [-0.2, 0) is 0 Å². The molecule has 36 heavy (non-hydrogen) atoms. The molecule has 0 aliphatic carbocycles. The van der Waals surface area contributed by atoms with Gasteiger partial charge in [-0.2, -0.15) is 0 Å². The second-order valence-corrected chi connectivity index (χ2v) is 9.85. The molecule has 2 atom stereocenters. The summed E-state index contributed by atoms with van der Waals surface area (Å²) in [6.07, 6.45) is 1.84. The van der Waals surface area contributed by atoms with E-state index in [1.807, 2.05) is 30.5 Å². The minimum atomic E-state index is -0.0917. The summed E-state index contributed by atoms with van der Waals surface area (Å²) in [6.45, 7) is 8.84. The van der Waals surface area contributed by atoms with Gasteiger partial charge in [0, 0.05) is 35.0 Å². The molecule has 0 unspecified atom stereocenters. The number of hydrogen-bond donors (Lipinski definition) is 1. The summed E-state index contributed by atoms with van der Waals surface area (Å²) < 4.78 is 13.4. The first kappa shape index (κ1) is 22.6. The fourth-order valence-corrected chi connectivity index (χ4v) is 5.68. The van der Waals surface area contributed by atoms with E-state index in [4.69, 9.17) is 26.7 Å². The van der Waals surface area contributed by atoms with Crippen LogP contribution >= 0.6 is 12.2 Å². The molecule has 0 saturated carbocycles. The first-order chi connectivity index (χ1) is 17.4. The Kier molecular flexibility index (Phi) is 5.45. The van der Waals surface area contributed by atoms with E-state index in [0.29, 0.717) is 5.11 Å². The van der Waals surface area contributed by atoms with Crippen LogP contribution in [0, 0.1) is 27.7 Å². The van der Waals surface area contributed by atoms with Gasteiger partial charge in [0.25, 0.3) is 0 Å². The van der Waals surface area contributed by atoms with Gasteiger partial charge >= 0.3 is 0 Å². The Morgan fingerprint density at radius 1 is 0.889 bits per heavy atom. The van der Waals surface area contributed by atoms with Crippen molar-refractivity contribution in [2.45, 2.75) is 39.8 Å². The lowest BCUT2D eigenvalue weighted by Crippen LogP contribution is -2.29. The highest BCUT2D eigenvalue weighted by molar-refractivity contribution is 7.80. The summed E-state index contributed by atoms with van der Waals surface area (Å²) in [4.78, 5) is 6.94. The van der Waals surface area contributed by atoms with Gasteiger partial charge in [0.15, 0.2) is 16.6 Å². The maximum Gasteiger partial charge on any atom is 0.231 e. The predicted molar refractivity (Wildman–Crippen MR) is 145 cm³/mol. The van der Waals surface area contributed by atoms with E-state index in [1.54, 1.807) is 0 Å². The third kappa shape index (κ3) is 3.62. The van der Waals surface area contributed by atoms with Crippen molar-refractivity contribution in [3.8, 4) is 17.2 Å². The molecule has 2 aliphatic rings. The van der Waals surface area contributed by atoms with Gasteiger partial charge in [-0.05, 0) is 99.1 Å². The van der Waals surface area contributed by atoms with Crippen molar-refractivity contribution in [2.24, 2.45) is 0 Å².